The summed E-state index contributed by atoms with van der Waals surface area (Å²) in [6.45, 7) is 6.87. The Morgan fingerprint density at radius 2 is 2.00 bits per heavy atom. The first kappa shape index (κ1) is 14.7. The normalized spacial score (nSPS) is 10.2. The molecule has 1 aromatic rings. The third-order valence-corrected chi connectivity index (χ3v) is 3.51. The summed E-state index contributed by atoms with van der Waals surface area (Å²) in [5.41, 5.74) is 0.628. The average Bonchev–Trinajstić information content (AvgIpc) is 2.38. The summed E-state index contributed by atoms with van der Waals surface area (Å²) < 4.78 is 0. The van der Waals surface area contributed by atoms with E-state index >= 15 is 0 Å². The number of aromatic nitrogens is 1. The summed E-state index contributed by atoms with van der Waals surface area (Å²) in [6, 6.07) is 3.40. The second kappa shape index (κ2) is 7.16. The van der Waals surface area contributed by atoms with Crippen LogP contribution < -0.4 is 0 Å². The van der Waals surface area contributed by atoms with Gasteiger partial charge in [-0.2, -0.15) is 0 Å². The van der Waals surface area contributed by atoms with Gasteiger partial charge in [0.15, 0.2) is 5.78 Å². The number of thioether (sulfide) groups is 1. The van der Waals surface area contributed by atoms with Gasteiger partial charge in [-0.25, -0.2) is 4.98 Å². The lowest BCUT2D eigenvalue weighted by Gasteiger charge is -2.17. The second-order valence-corrected chi connectivity index (χ2v) is 4.79. The highest BCUT2D eigenvalue weighted by molar-refractivity contribution is 7.99. The van der Waals surface area contributed by atoms with Crippen LogP contribution in [0.15, 0.2) is 23.4 Å². The smallest absolute Gasteiger partial charge is 0.232 e. The molecule has 0 aromatic carbocycles. The summed E-state index contributed by atoms with van der Waals surface area (Å²) in [5, 5.41) is 0.711. The van der Waals surface area contributed by atoms with Crippen LogP contribution in [0.25, 0.3) is 0 Å². The molecule has 0 bridgehead atoms. The fourth-order valence-electron chi connectivity index (χ4n) is 1.51. The van der Waals surface area contributed by atoms with Gasteiger partial charge in [-0.05, 0) is 32.9 Å². The molecule has 18 heavy (non-hydrogen) atoms. The predicted molar refractivity (Wildman–Crippen MR) is 72.9 cm³/mol. The Labute approximate surface area is 112 Å². The molecule has 0 spiro atoms. The largest absolute Gasteiger partial charge is 0.343 e. The van der Waals surface area contributed by atoms with Crippen molar-refractivity contribution in [3.8, 4) is 0 Å². The Morgan fingerprint density at radius 1 is 1.33 bits per heavy atom. The maximum Gasteiger partial charge on any atom is 0.232 e. The number of amides is 1. The summed E-state index contributed by atoms with van der Waals surface area (Å²) in [7, 11) is 0. The van der Waals surface area contributed by atoms with Crippen LogP contribution in [0, 0.1) is 0 Å². The number of rotatable bonds is 6. The zero-order chi connectivity index (χ0) is 13.5. The van der Waals surface area contributed by atoms with E-state index in [1.165, 1.54) is 18.7 Å². The fourth-order valence-corrected chi connectivity index (χ4v) is 2.31. The molecular formula is C13H18N2O2S. The fraction of sp³-hybridized carbons (Fsp3) is 0.462. The van der Waals surface area contributed by atoms with Gasteiger partial charge < -0.3 is 4.90 Å². The van der Waals surface area contributed by atoms with Gasteiger partial charge in [0.1, 0.15) is 0 Å². The molecule has 98 valence electrons. The van der Waals surface area contributed by atoms with Crippen molar-refractivity contribution in [3.05, 3.63) is 23.9 Å². The molecule has 5 heteroatoms. The van der Waals surface area contributed by atoms with E-state index in [2.05, 4.69) is 4.98 Å². The van der Waals surface area contributed by atoms with Crippen LogP contribution in [0.1, 0.15) is 31.1 Å². The number of ketones is 1. The first-order chi connectivity index (χ1) is 8.58. The summed E-state index contributed by atoms with van der Waals surface area (Å²) in [4.78, 5) is 29.0. The minimum absolute atomic E-state index is 0.00863. The number of nitrogens with zero attached hydrogens (tertiary/aromatic N) is 2. The molecule has 0 fully saturated rings. The van der Waals surface area contributed by atoms with Crippen molar-refractivity contribution >= 4 is 23.5 Å². The SMILES string of the molecule is CCN(CC)C(=O)CSc1cc(C(C)=O)ccn1. The number of hydrogen-bond donors (Lipinski definition) is 0. The van der Waals surface area contributed by atoms with Crippen molar-refractivity contribution in [2.75, 3.05) is 18.8 Å². The second-order valence-electron chi connectivity index (χ2n) is 3.79. The van der Waals surface area contributed by atoms with Crippen LogP contribution in [0.4, 0.5) is 0 Å². The highest BCUT2D eigenvalue weighted by Crippen LogP contribution is 2.17. The highest BCUT2D eigenvalue weighted by Gasteiger charge is 2.10. The summed E-state index contributed by atoms with van der Waals surface area (Å²) in [5.74, 6) is 0.463. The molecule has 0 saturated carbocycles. The third-order valence-electron chi connectivity index (χ3n) is 2.60. The van der Waals surface area contributed by atoms with Gasteiger partial charge in [0.05, 0.1) is 10.8 Å². The van der Waals surface area contributed by atoms with Crippen LogP contribution in [-0.4, -0.2) is 40.4 Å². The molecule has 0 atom stereocenters. The number of hydrogen-bond acceptors (Lipinski definition) is 4. The number of carbonyl (C=O) groups excluding carboxylic acids is 2. The van der Waals surface area contributed by atoms with Crippen LogP contribution in [0.5, 0.6) is 0 Å². The number of Topliss-reactive ketones (excluding diaryl/α,β-unsaturated/α-hetero) is 1. The maximum atomic E-state index is 11.8. The van der Waals surface area contributed by atoms with Gasteiger partial charge >= 0.3 is 0 Å². The molecule has 0 N–H and O–H groups in total. The van der Waals surface area contributed by atoms with Crippen LogP contribution in [-0.2, 0) is 4.79 Å². The van der Waals surface area contributed by atoms with Crippen molar-refractivity contribution in [1.29, 1.82) is 0 Å². The van der Waals surface area contributed by atoms with Crippen molar-refractivity contribution in [1.82, 2.24) is 9.88 Å². The molecule has 1 aromatic heterocycles. The number of carbonyl (C=O) groups is 2. The minimum Gasteiger partial charge on any atom is -0.343 e. The zero-order valence-electron chi connectivity index (χ0n) is 11.0. The van der Waals surface area contributed by atoms with Crippen molar-refractivity contribution in [2.45, 2.75) is 25.8 Å². The monoisotopic (exact) mass is 266 g/mol. The Kier molecular flexibility index (Phi) is 5.85. The van der Waals surface area contributed by atoms with Gasteiger partial charge in [-0.3, -0.25) is 9.59 Å². The van der Waals surface area contributed by atoms with Gasteiger partial charge in [0.25, 0.3) is 0 Å². The van der Waals surface area contributed by atoms with E-state index in [1.807, 2.05) is 13.8 Å². The molecule has 0 unspecified atom stereocenters. The lowest BCUT2D eigenvalue weighted by molar-refractivity contribution is -0.127. The van der Waals surface area contributed by atoms with E-state index in [4.69, 9.17) is 0 Å². The van der Waals surface area contributed by atoms with E-state index in [-0.39, 0.29) is 11.7 Å². The molecule has 4 nitrogen and oxygen atoms in total. The van der Waals surface area contributed by atoms with E-state index in [0.717, 1.165) is 13.1 Å². The summed E-state index contributed by atoms with van der Waals surface area (Å²) in [6.07, 6.45) is 1.60. The van der Waals surface area contributed by atoms with Gasteiger partial charge in [-0.1, -0.05) is 11.8 Å². The van der Waals surface area contributed by atoms with E-state index < -0.39 is 0 Å². The highest BCUT2D eigenvalue weighted by atomic mass is 32.2. The maximum absolute atomic E-state index is 11.8. The quantitative estimate of drug-likeness (QED) is 0.585. The van der Waals surface area contributed by atoms with Crippen LogP contribution in [0.3, 0.4) is 0 Å². The van der Waals surface area contributed by atoms with Gasteiger partial charge in [-0.15, -0.1) is 0 Å². The van der Waals surface area contributed by atoms with Crippen molar-refractivity contribution in [3.63, 3.8) is 0 Å². The molecule has 0 aliphatic carbocycles. The summed E-state index contributed by atoms with van der Waals surface area (Å²) >= 11 is 1.36. The molecule has 1 amide bonds. The van der Waals surface area contributed by atoms with Crippen LogP contribution >= 0.6 is 11.8 Å². The van der Waals surface area contributed by atoms with E-state index in [9.17, 15) is 9.59 Å². The predicted octanol–water partition coefficient (Wildman–Crippen LogP) is 2.24. The first-order valence-corrected chi connectivity index (χ1v) is 6.94. The first-order valence-electron chi connectivity index (χ1n) is 5.96. The molecule has 0 aliphatic rings. The molecule has 0 aliphatic heterocycles. The Balaban J connectivity index is 2.61. The molecule has 0 saturated heterocycles. The Bertz CT molecular complexity index is 431. The topological polar surface area (TPSA) is 50.3 Å². The lowest BCUT2D eigenvalue weighted by Crippen LogP contribution is -2.31. The molecule has 1 heterocycles. The zero-order valence-corrected chi connectivity index (χ0v) is 11.8. The standard InChI is InChI=1S/C13H18N2O2S/c1-4-15(5-2)13(17)9-18-12-8-11(10(3)16)6-7-14-12/h6-8H,4-5,9H2,1-3H3. The lowest BCUT2D eigenvalue weighted by atomic mass is 10.2. The van der Waals surface area contributed by atoms with E-state index in [0.29, 0.717) is 16.3 Å². The van der Waals surface area contributed by atoms with Gasteiger partial charge in [0.2, 0.25) is 5.91 Å². The van der Waals surface area contributed by atoms with Crippen LogP contribution in [0.2, 0.25) is 0 Å². The average molecular weight is 266 g/mol. The molecular weight excluding hydrogens is 248 g/mol. The van der Waals surface area contributed by atoms with E-state index in [1.54, 1.807) is 23.2 Å². The Morgan fingerprint density at radius 3 is 2.56 bits per heavy atom. The third kappa shape index (κ3) is 4.14. The number of pyridine rings is 1. The van der Waals surface area contributed by atoms with Crippen molar-refractivity contribution in [2.24, 2.45) is 0 Å². The minimum atomic E-state index is 0.00863. The Hall–Kier alpha value is -1.36. The molecule has 1 rings (SSSR count). The molecule has 0 radical (unpaired) electrons. The van der Waals surface area contributed by atoms with Crippen molar-refractivity contribution < 1.29 is 9.59 Å². The van der Waals surface area contributed by atoms with Gasteiger partial charge in [0, 0.05) is 24.8 Å².